The Morgan fingerprint density at radius 3 is 2.46 bits per heavy atom. The molecule has 3 aromatic rings. The van der Waals surface area contributed by atoms with Crippen molar-refractivity contribution in [1.29, 1.82) is 0 Å². The number of benzene rings is 2. The third kappa shape index (κ3) is 3.96. The maximum absolute atomic E-state index is 13.9. The van der Waals surface area contributed by atoms with E-state index in [0.717, 1.165) is 0 Å². The lowest BCUT2D eigenvalue weighted by atomic mass is 10.1. The molecule has 0 unspecified atom stereocenters. The zero-order valence-electron chi connectivity index (χ0n) is 12.8. The minimum absolute atomic E-state index is 0.0903. The predicted octanol–water partition coefficient (Wildman–Crippen LogP) is 6.20. The van der Waals surface area contributed by atoms with Crippen LogP contribution in [0.5, 0.6) is 0 Å². The summed E-state index contributed by atoms with van der Waals surface area (Å²) in [4.78, 5) is 10.2. The van der Waals surface area contributed by atoms with Gasteiger partial charge < -0.3 is 9.84 Å². The number of nitrogens with zero attached hydrogens (tertiary/aromatic N) is 1. The standard InChI is InChI=1S/C17H9Cl4FN2O2/c18-9-2-1-3-10(19)15(9)13-7-14(26-24-13)8-4-5-11(22)12(6-8)23-17(25)16(20)21/h1-7,16H,(H,23,25). The summed E-state index contributed by atoms with van der Waals surface area (Å²) in [6.45, 7) is 0. The van der Waals surface area contributed by atoms with E-state index in [9.17, 15) is 9.18 Å². The van der Waals surface area contributed by atoms with Gasteiger partial charge in [0.15, 0.2) is 10.6 Å². The highest BCUT2D eigenvalue weighted by atomic mass is 35.5. The first-order valence-corrected chi connectivity index (χ1v) is 8.79. The molecular formula is C17H9Cl4FN2O2. The lowest BCUT2D eigenvalue weighted by molar-refractivity contribution is -0.114. The van der Waals surface area contributed by atoms with Gasteiger partial charge in [-0.15, -0.1) is 0 Å². The van der Waals surface area contributed by atoms with Crippen molar-refractivity contribution in [3.05, 3.63) is 58.3 Å². The third-order valence-electron chi connectivity index (χ3n) is 3.44. The van der Waals surface area contributed by atoms with Gasteiger partial charge in [-0.1, -0.05) is 57.6 Å². The van der Waals surface area contributed by atoms with Crippen molar-refractivity contribution >= 4 is 58.0 Å². The van der Waals surface area contributed by atoms with Gasteiger partial charge in [0, 0.05) is 17.2 Å². The molecule has 4 nitrogen and oxygen atoms in total. The Bertz CT molecular complexity index is 955. The molecule has 0 aliphatic carbocycles. The van der Waals surface area contributed by atoms with Crippen molar-refractivity contribution in [2.24, 2.45) is 0 Å². The van der Waals surface area contributed by atoms with E-state index in [1.165, 1.54) is 18.2 Å². The SMILES string of the molecule is O=C(Nc1cc(-c2cc(-c3c(Cl)cccc3Cl)no2)ccc1F)C(Cl)Cl. The van der Waals surface area contributed by atoms with Crippen LogP contribution in [-0.2, 0) is 4.79 Å². The number of aromatic nitrogens is 1. The number of hydrogen-bond acceptors (Lipinski definition) is 3. The van der Waals surface area contributed by atoms with Crippen LogP contribution < -0.4 is 5.32 Å². The minimum Gasteiger partial charge on any atom is -0.356 e. The van der Waals surface area contributed by atoms with E-state index in [2.05, 4.69) is 10.5 Å². The molecule has 26 heavy (non-hydrogen) atoms. The smallest absolute Gasteiger partial charge is 0.257 e. The molecule has 0 atom stereocenters. The number of nitrogens with one attached hydrogen (secondary N) is 1. The summed E-state index contributed by atoms with van der Waals surface area (Å²) < 4.78 is 19.2. The molecule has 1 N–H and O–H groups in total. The molecule has 0 aliphatic heterocycles. The van der Waals surface area contributed by atoms with Crippen molar-refractivity contribution in [3.63, 3.8) is 0 Å². The molecule has 3 rings (SSSR count). The lowest BCUT2D eigenvalue weighted by Gasteiger charge is -2.07. The number of amides is 1. The first-order valence-electron chi connectivity index (χ1n) is 7.17. The molecule has 0 saturated heterocycles. The molecule has 1 amide bonds. The van der Waals surface area contributed by atoms with Crippen molar-refractivity contribution in [2.75, 3.05) is 5.32 Å². The lowest BCUT2D eigenvalue weighted by Crippen LogP contribution is -2.19. The van der Waals surface area contributed by atoms with E-state index in [1.807, 2.05) is 0 Å². The number of hydrogen-bond donors (Lipinski definition) is 1. The molecular weight excluding hydrogens is 425 g/mol. The second kappa shape index (κ2) is 7.84. The first kappa shape index (κ1) is 19.0. The number of alkyl halides is 2. The van der Waals surface area contributed by atoms with Gasteiger partial charge in [-0.05, 0) is 30.3 Å². The Balaban J connectivity index is 1.96. The fourth-order valence-electron chi connectivity index (χ4n) is 2.23. The molecule has 1 heterocycles. The second-order valence-corrected chi connectivity index (χ2v) is 7.07. The van der Waals surface area contributed by atoms with Crippen LogP contribution in [0, 0.1) is 5.82 Å². The van der Waals surface area contributed by atoms with Gasteiger partial charge in [0.2, 0.25) is 0 Å². The van der Waals surface area contributed by atoms with Gasteiger partial charge in [0.1, 0.15) is 11.5 Å². The van der Waals surface area contributed by atoms with Crippen LogP contribution in [0.25, 0.3) is 22.6 Å². The number of carbonyl (C=O) groups excluding carboxylic acids is 1. The van der Waals surface area contributed by atoms with Crippen molar-refractivity contribution in [1.82, 2.24) is 5.16 Å². The summed E-state index contributed by atoms with van der Waals surface area (Å²) in [7, 11) is 0. The quantitative estimate of drug-likeness (QED) is 0.498. The van der Waals surface area contributed by atoms with Gasteiger partial charge in [-0.3, -0.25) is 4.79 Å². The summed E-state index contributed by atoms with van der Waals surface area (Å²) in [6, 6.07) is 10.7. The molecule has 2 aromatic carbocycles. The van der Waals surface area contributed by atoms with E-state index >= 15 is 0 Å². The normalized spacial score (nSPS) is 11.0. The molecule has 134 valence electrons. The highest BCUT2D eigenvalue weighted by Gasteiger charge is 2.17. The van der Waals surface area contributed by atoms with E-state index < -0.39 is 16.6 Å². The molecule has 0 spiro atoms. The van der Waals surface area contributed by atoms with Gasteiger partial charge >= 0.3 is 0 Å². The Morgan fingerprint density at radius 1 is 1.12 bits per heavy atom. The Morgan fingerprint density at radius 2 is 1.81 bits per heavy atom. The maximum atomic E-state index is 13.9. The molecule has 1 aromatic heterocycles. The zero-order valence-corrected chi connectivity index (χ0v) is 15.8. The van der Waals surface area contributed by atoms with Crippen LogP contribution in [0.3, 0.4) is 0 Å². The predicted molar refractivity (Wildman–Crippen MR) is 101 cm³/mol. The van der Waals surface area contributed by atoms with Crippen LogP contribution in [0.15, 0.2) is 47.0 Å². The number of rotatable bonds is 4. The topological polar surface area (TPSA) is 55.1 Å². The van der Waals surface area contributed by atoms with Crippen molar-refractivity contribution < 1.29 is 13.7 Å². The summed E-state index contributed by atoms with van der Waals surface area (Å²) >= 11 is 23.3. The average molecular weight is 434 g/mol. The highest BCUT2D eigenvalue weighted by molar-refractivity contribution is 6.54. The van der Waals surface area contributed by atoms with Crippen LogP contribution in [0.4, 0.5) is 10.1 Å². The fraction of sp³-hybridized carbons (Fsp3) is 0.0588. The fourth-order valence-corrected chi connectivity index (χ4v) is 2.93. The van der Waals surface area contributed by atoms with E-state index in [4.69, 9.17) is 50.9 Å². The number of halogens is 5. The number of anilines is 1. The van der Waals surface area contributed by atoms with Gasteiger partial charge in [-0.2, -0.15) is 0 Å². The summed E-state index contributed by atoms with van der Waals surface area (Å²) in [5.74, 6) is -1.06. The van der Waals surface area contributed by atoms with Gasteiger partial charge in [0.05, 0.1) is 15.7 Å². The summed E-state index contributed by atoms with van der Waals surface area (Å²) in [5, 5.41) is 7.09. The monoisotopic (exact) mass is 432 g/mol. The molecule has 0 fully saturated rings. The second-order valence-electron chi connectivity index (χ2n) is 5.16. The van der Waals surface area contributed by atoms with Gasteiger partial charge in [0.25, 0.3) is 5.91 Å². The molecule has 0 saturated carbocycles. The van der Waals surface area contributed by atoms with E-state index in [1.54, 1.807) is 24.3 Å². The molecule has 9 heteroatoms. The first-order chi connectivity index (χ1) is 12.4. The molecule has 0 bridgehead atoms. The van der Waals surface area contributed by atoms with Crippen LogP contribution in [-0.4, -0.2) is 15.9 Å². The Labute approximate surface area is 167 Å². The van der Waals surface area contributed by atoms with Crippen LogP contribution in [0.1, 0.15) is 0 Å². The van der Waals surface area contributed by atoms with Crippen molar-refractivity contribution in [3.8, 4) is 22.6 Å². The van der Waals surface area contributed by atoms with Crippen molar-refractivity contribution in [2.45, 2.75) is 4.84 Å². The Kier molecular flexibility index (Phi) is 5.73. The average Bonchev–Trinajstić information content (AvgIpc) is 3.06. The highest BCUT2D eigenvalue weighted by Crippen LogP contribution is 2.36. The zero-order chi connectivity index (χ0) is 18.8. The molecule has 0 aliphatic rings. The van der Waals surface area contributed by atoms with E-state index in [0.29, 0.717) is 32.6 Å². The van der Waals surface area contributed by atoms with Crippen LogP contribution >= 0.6 is 46.4 Å². The molecule has 0 radical (unpaired) electrons. The van der Waals surface area contributed by atoms with Gasteiger partial charge in [-0.25, -0.2) is 4.39 Å². The number of carbonyl (C=O) groups is 1. The summed E-state index contributed by atoms with van der Waals surface area (Å²) in [5.41, 5.74) is 1.33. The maximum Gasteiger partial charge on any atom is 0.257 e. The minimum atomic E-state index is -1.32. The van der Waals surface area contributed by atoms with E-state index in [-0.39, 0.29) is 5.69 Å². The summed E-state index contributed by atoms with van der Waals surface area (Å²) in [6.07, 6.45) is 0. The Hall–Kier alpha value is -1.79. The third-order valence-corrected chi connectivity index (χ3v) is 4.46. The van der Waals surface area contributed by atoms with Crippen LogP contribution in [0.2, 0.25) is 10.0 Å². The largest absolute Gasteiger partial charge is 0.356 e.